The molecule has 0 amide bonds. The molecule has 1 N–H and O–H groups in total. The number of aromatic nitrogens is 1. The molecule has 17 heavy (non-hydrogen) atoms. The molecule has 0 aromatic carbocycles. The quantitative estimate of drug-likeness (QED) is 0.920. The minimum Gasteiger partial charge on any atom is -0.256 e. The average Bonchev–Trinajstić information content (AvgIpc) is 2.79. The van der Waals surface area contributed by atoms with Crippen LogP contribution in [-0.4, -0.2) is 19.7 Å². The van der Waals surface area contributed by atoms with Crippen LogP contribution in [0.2, 0.25) is 0 Å². The van der Waals surface area contributed by atoms with Gasteiger partial charge in [-0.25, -0.2) is 13.1 Å². The van der Waals surface area contributed by atoms with E-state index in [0.29, 0.717) is 6.54 Å². The van der Waals surface area contributed by atoms with Crippen molar-refractivity contribution < 1.29 is 8.42 Å². The van der Waals surface area contributed by atoms with Crippen LogP contribution in [0.15, 0.2) is 35.2 Å². The Morgan fingerprint density at radius 1 is 1.41 bits per heavy atom. The van der Waals surface area contributed by atoms with E-state index in [-0.39, 0.29) is 0 Å². The molecule has 6 heteroatoms. The Kier molecular flexibility index (Phi) is 3.56. The molecule has 0 bridgehead atoms. The fourth-order valence-corrected chi connectivity index (χ4v) is 2.45. The summed E-state index contributed by atoms with van der Waals surface area (Å²) in [6.07, 6.45) is 2.83. The summed E-state index contributed by atoms with van der Waals surface area (Å²) in [7, 11) is -3.16. The summed E-state index contributed by atoms with van der Waals surface area (Å²) in [6.45, 7) is 0.290. The molecule has 0 aliphatic heterocycles. The highest BCUT2D eigenvalue weighted by molar-refractivity contribution is 7.88. The highest BCUT2D eigenvalue weighted by atomic mass is 32.2. The molecule has 0 unspecified atom stereocenters. The number of nitrogens with zero attached hydrogens (tertiary/aromatic N) is 1. The van der Waals surface area contributed by atoms with Crippen molar-refractivity contribution in [2.45, 2.75) is 6.54 Å². The van der Waals surface area contributed by atoms with Crippen LogP contribution in [0.25, 0.3) is 11.3 Å². The summed E-state index contributed by atoms with van der Waals surface area (Å²) >= 11 is 1.61. The van der Waals surface area contributed by atoms with Gasteiger partial charge in [0.05, 0.1) is 11.9 Å². The largest absolute Gasteiger partial charge is 0.256 e. The van der Waals surface area contributed by atoms with Gasteiger partial charge in [-0.3, -0.25) is 4.98 Å². The van der Waals surface area contributed by atoms with E-state index < -0.39 is 10.0 Å². The van der Waals surface area contributed by atoms with Gasteiger partial charge in [-0.15, -0.1) is 0 Å². The SMILES string of the molecule is CS(=O)(=O)NCc1ccnc(-c2ccsc2)c1. The van der Waals surface area contributed by atoms with E-state index >= 15 is 0 Å². The predicted molar refractivity (Wildman–Crippen MR) is 69.2 cm³/mol. The maximum atomic E-state index is 11.0. The molecule has 0 atom stereocenters. The Balaban J connectivity index is 2.18. The summed E-state index contributed by atoms with van der Waals surface area (Å²) in [6, 6.07) is 5.68. The minimum atomic E-state index is -3.16. The molecule has 0 saturated carbocycles. The lowest BCUT2D eigenvalue weighted by Crippen LogP contribution is -2.21. The number of rotatable bonds is 4. The molecule has 0 spiro atoms. The molecular formula is C11H12N2O2S2. The summed E-state index contributed by atoms with van der Waals surface area (Å²) in [4.78, 5) is 4.26. The molecule has 4 nitrogen and oxygen atoms in total. The van der Waals surface area contributed by atoms with Crippen LogP contribution in [0.4, 0.5) is 0 Å². The van der Waals surface area contributed by atoms with E-state index in [9.17, 15) is 8.42 Å². The fraction of sp³-hybridized carbons (Fsp3) is 0.182. The smallest absolute Gasteiger partial charge is 0.209 e. The normalized spacial score (nSPS) is 11.6. The fourth-order valence-electron chi connectivity index (χ4n) is 1.37. The van der Waals surface area contributed by atoms with Gasteiger partial charge in [-0.1, -0.05) is 0 Å². The molecule has 0 fully saturated rings. The third-order valence-corrected chi connectivity index (χ3v) is 3.53. The second-order valence-electron chi connectivity index (χ2n) is 3.65. The van der Waals surface area contributed by atoms with Crippen molar-refractivity contribution in [1.29, 1.82) is 0 Å². The Bertz CT molecular complexity index is 592. The van der Waals surface area contributed by atoms with E-state index in [0.717, 1.165) is 23.1 Å². The van der Waals surface area contributed by atoms with Crippen molar-refractivity contribution in [3.05, 3.63) is 40.7 Å². The Morgan fingerprint density at radius 3 is 2.88 bits per heavy atom. The van der Waals surface area contributed by atoms with Crippen LogP contribution < -0.4 is 4.72 Å². The number of pyridine rings is 1. The third-order valence-electron chi connectivity index (χ3n) is 2.18. The maximum Gasteiger partial charge on any atom is 0.209 e. The number of thiophene rings is 1. The first-order chi connectivity index (χ1) is 8.04. The van der Waals surface area contributed by atoms with Gasteiger partial charge in [-0.05, 0) is 29.1 Å². The van der Waals surface area contributed by atoms with E-state index in [2.05, 4.69) is 9.71 Å². The second kappa shape index (κ2) is 4.95. The zero-order valence-corrected chi connectivity index (χ0v) is 10.9. The molecular weight excluding hydrogens is 256 g/mol. The molecule has 0 aliphatic carbocycles. The van der Waals surface area contributed by atoms with Crippen molar-refractivity contribution in [2.24, 2.45) is 0 Å². The predicted octanol–water partition coefficient (Wildman–Crippen LogP) is 1.86. The van der Waals surface area contributed by atoms with Gasteiger partial charge in [0.15, 0.2) is 0 Å². The highest BCUT2D eigenvalue weighted by Crippen LogP contribution is 2.20. The molecule has 0 saturated heterocycles. The average molecular weight is 268 g/mol. The molecule has 2 heterocycles. The lowest BCUT2D eigenvalue weighted by Gasteiger charge is -2.04. The summed E-state index contributed by atoms with van der Waals surface area (Å²) < 4.78 is 24.4. The van der Waals surface area contributed by atoms with Crippen LogP contribution in [-0.2, 0) is 16.6 Å². The molecule has 0 aliphatic rings. The van der Waals surface area contributed by atoms with Crippen molar-refractivity contribution in [1.82, 2.24) is 9.71 Å². The van der Waals surface area contributed by atoms with Crippen LogP contribution in [0.3, 0.4) is 0 Å². The molecule has 2 aromatic rings. The number of sulfonamides is 1. The van der Waals surface area contributed by atoms with Crippen molar-refractivity contribution in [3.8, 4) is 11.3 Å². The van der Waals surface area contributed by atoms with Crippen LogP contribution in [0.1, 0.15) is 5.56 Å². The second-order valence-corrected chi connectivity index (χ2v) is 6.27. The lowest BCUT2D eigenvalue weighted by molar-refractivity contribution is 0.587. The van der Waals surface area contributed by atoms with E-state index in [4.69, 9.17) is 0 Å². The van der Waals surface area contributed by atoms with Crippen molar-refractivity contribution >= 4 is 21.4 Å². The van der Waals surface area contributed by atoms with E-state index in [1.807, 2.05) is 22.9 Å². The third kappa shape index (κ3) is 3.62. The van der Waals surface area contributed by atoms with Gasteiger partial charge in [0.2, 0.25) is 10.0 Å². The van der Waals surface area contributed by atoms with Gasteiger partial charge in [0.1, 0.15) is 0 Å². The minimum absolute atomic E-state index is 0.290. The molecule has 2 rings (SSSR count). The number of hydrogen-bond donors (Lipinski definition) is 1. The Morgan fingerprint density at radius 2 is 2.24 bits per heavy atom. The van der Waals surface area contributed by atoms with Crippen molar-refractivity contribution in [2.75, 3.05) is 6.26 Å². The molecule has 0 radical (unpaired) electrons. The monoisotopic (exact) mass is 268 g/mol. The van der Waals surface area contributed by atoms with Crippen LogP contribution >= 0.6 is 11.3 Å². The van der Waals surface area contributed by atoms with Gasteiger partial charge in [0, 0.05) is 23.7 Å². The van der Waals surface area contributed by atoms with Gasteiger partial charge in [-0.2, -0.15) is 11.3 Å². The lowest BCUT2D eigenvalue weighted by atomic mass is 10.1. The molecule has 90 valence electrons. The maximum absolute atomic E-state index is 11.0. The van der Waals surface area contributed by atoms with Crippen LogP contribution in [0, 0.1) is 0 Å². The standard InChI is InChI=1S/C11H12N2O2S2/c1-17(14,15)13-7-9-2-4-12-11(6-9)10-3-5-16-8-10/h2-6,8,13H,7H2,1H3. The first-order valence-electron chi connectivity index (χ1n) is 4.97. The summed E-state index contributed by atoms with van der Waals surface area (Å²) in [5, 5.41) is 3.99. The number of hydrogen-bond acceptors (Lipinski definition) is 4. The summed E-state index contributed by atoms with van der Waals surface area (Å²) in [5.74, 6) is 0. The zero-order valence-electron chi connectivity index (χ0n) is 9.25. The van der Waals surface area contributed by atoms with E-state index in [1.54, 1.807) is 23.6 Å². The van der Waals surface area contributed by atoms with Gasteiger partial charge in [0.25, 0.3) is 0 Å². The highest BCUT2D eigenvalue weighted by Gasteiger charge is 2.04. The Hall–Kier alpha value is -1.24. The molecule has 2 aromatic heterocycles. The van der Waals surface area contributed by atoms with E-state index in [1.165, 1.54) is 0 Å². The first-order valence-corrected chi connectivity index (χ1v) is 7.80. The Labute approximate surface area is 104 Å². The van der Waals surface area contributed by atoms with Crippen LogP contribution in [0.5, 0.6) is 0 Å². The topological polar surface area (TPSA) is 59.1 Å². The van der Waals surface area contributed by atoms with Gasteiger partial charge >= 0.3 is 0 Å². The van der Waals surface area contributed by atoms with Gasteiger partial charge < -0.3 is 0 Å². The van der Waals surface area contributed by atoms with Crippen molar-refractivity contribution in [3.63, 3.8) is 0 Å². The number of nitrogens with one attached hydrogen (secondary N) is 1. The first kappa shape index (κ1) is 12.2. The zero-order chi connectivity index (χ0) is 12.3. The summed E-state index contributed by atoms with van der Waals surface area (Å²) in [5.41, 5.74) is 2.81.